The van der Waals surface area contributed by atoms with Crippen LogP contribution in [0, 0.1) is 0 Å². The lowest BCUT2D eigenvalue weighted by atomic mass is 10.0. The van der Waals surface area contributed by atoms with Crippen LogP contribution >= 0.6 is 15.9 Å². The molecule has 4 aromatic rings. The first-order chi connectivity index (χ1) is 17.2. The van der Waals surface area contributed by atoms with Crippen LogP contribution in [-0.4, -0.2) is 40.7 Å². The molecular weight excluding hydrogens is 506 g/mol. The molecule has 0 amide bonds. The number of rotatable bonds is 6. The zero-order chi connectivity index (χ0) is 23.8. The van der Waals surface area contributed by atoms with Gasteiger partial charge in [0.05, 0.1) is 11.1 Å². The topological polar surface area (TPSA) is 56.6 Å². The summed E-state index contributed by atoms with van der Waals surface area (Å²) in [6, 6.07) is 13.6. The van der Waals surface area contributed by atoms with Crippen LogP contribution in [-0.2, 0) is 6.42 Å². The number of aromatic nitrogens is 2. The van der Waals surface area contributed by atoms with Crippen molar-refractivity contribution in [2.45, 2.75) is 25.7 Å². The lowest BCUT2D eigenvalue weighted by molar-refractivity contribution is 0.183. The van der Waals surface area contributed by atoms with E-state index in [2.05, 4.69) is 30.4 Å². The average Bonchev–Trinajstić information content (AvgIpc) is 2.88. The van der Waals surface area contributed by atoms with Crippen LogP contribution in [0.25, 0.3) is 16.6 Å². The summed E-state index contributed by atoms with van der Waals surface area (Å²) in [5.74, 6) is 2.03. The van der Waals surface area contributed by atoms with E-state index in [0.29, 0.717) is 35.5 Å². The van der Waals surface area contributed by atoms with Gasteiger partial charge in [-0.25, -0.2) is 0 Å². The van der Waals surface area contributed by atoms with Crippen molar-refractivity contribution in [3.63, 3.8) is 0 Å². The van der Waals surface area contributed by atoms with E-state index in [1.807, 2.05) is 48.7 Å². The number of benzene rings is 2. The second-order valence-electron chi connectivity index (χ2n) is 9.17. The van der Waals surface area contributed by atoms with Crippen molar-refractivity contribution in [2.24, 2.45) is 0 Å². The van der Waals surface area contributed by atoms with E-state index >= 15 is 0 Å². The third-order valence-corrected chi connectivity index (χ3v) is 7.25. The summed E-state index contributed by atoms with van der Waals surface area (Å²) in [6.07, 6.45) is 9.80. The van der Waals surface area contributed by atoms with Crippen LogP contribution in [0.1, 0.15) is 30.4 Å². The van der Waals surface area contributed by atoms with Gasteiger partial charge in [-0.2, -0.15) is 0 Å². The highest BCUT2D eigenvalue weighted by Crippen LogP contribution is 2.42. The lowest BCUT2D eigenvalue weighted by Gasteiger charge is -2.27. The maximum absolute atomic E-state index is 13.7. The predicted octanol–water partition coefficient (Wildman–Crippen LogP) is 5.71. The molecule has 35 heavy (non-hydrogen) atoms. The van der Waals surface area contributed by atoms with Gasteiger partial charge in [0, 0.05) is 47.7 Å². The Morgan fingerprint density at radius 2 is 1.94 bits per heavy atom. The largest absolute Gasteiger partial charge is 0.492 e. The molecule has 6 nitrogen and oxygen atoms in total. The van der Waals surface area contributed by atoms with Crippen molar-refractivity contribution >= 4 is 26.8 Å². The number of likely N-dealkylation sites (tertiary alicyclic amines) is 1. The van der Waals surface area contributed by atoms with Crippen molar-refractivity contribution in [1.82, 2.24) is 14.5 Å². The molecule has 0 bridgehead atoms. The van der Waals surface area contributed by atoms with E-state index in [0.717, 1.165) is 46.6 Å². The highest BCUT2D eigenvalue weighted by atomic mass is 79.9. The average molecular weight is 532 g/mol. The first-order valence-corrected chi connectivity index (χ1v) is 12.9. The number of fused-ring (bicyclic) bond motifs is 2. The summed E-state index contributed by atoms with van der Waals surface area (Å²) in [6.45, 7) is 3.73. The molecular formula is C28H26BrN3O3. The summed E-state index contributed by atoms with van der Waals surface area (Å²) in [5, 5.41) is 0.600. The van der Waals surface area contributed by atoms with Crippen molar-refractivity contribution in [2.75, 3.05) is 26.2 Å². The summed E-state index contributed by atoms with van der Waals surface area (Å²) in [5.41, 5.74) is 3.34. The molecule has 7 heteroatoms. The molecule has 0 saturated carbocycles. The number of piperidine rings is 1. The van der Waals surface area contributed by atoms with Crippen LogP contribution in [0.2, 0.25) is 0 Å². The van der Waals surface area contributed by atoms with Crippen LogP contribution in [0.4, 0.5) is 0 Å². The Morgan fingerprint density at radius 3 is 2.77 bits per heavy atom. The van der Waals surface area contributed by atoms with E-state index in [9.17, 15) is 4.79 Å². The van der Waals surface area contributed by atoms with E-state index in [1.165, 1.54) is 19.3 Å². The van der Waals surface area contributed by atoms with Gasteiger partial charge in [-0.15, -0.1) is 0 Å². The van der Waals surface area contributed by atoms with Gasteiger partial charge in [-0.05, 0) is 61.8 Å². The number of ether oxygens (including phenoxy) is 2. The quantitative estimate of drug-likeness (QED) is 0.281. The molecule has 2 aliphatic rings. The molecule has 1 saturated heterocycles. The lowest BCUT2D eigenvalue weighted by Crippen LogP contribution is -2.33. The molecule has 0 spiro atoms. The molecule has 4 heterocycles. The van der Waals surface area contributed by atoms with Crippen LogP contribution in [0.15, 0.2) is 70.3 Å². The fraction of sp³-hybridized carbons (Fsp3) is 0.286. The SMILES string of the molecule is O=c1c(Cc2cccnc2)cn2c3c(cc(OCCN4CCCCC4)cc13)Oc1ccc(Br)cc1-2. The fourth-order valence-electron chi connectivity index (χ4n) is 5.01. The summed E-state index contributed by atoms with van der Waals surface area (Å²) in [4.78, 5) is 20.3. The maximum Gasteiger partial charge on any atom is 0.193 e. The number of nitrogens with zero attached hydrogens (tertiary/aromatic N) is 3. The maximum atomic E-state index is 13.7. The monoisotopic (exact) mass is 531 g/mol. The molecule has 178 valence electrons. The summed E-state index contributed by atoms with van der Waals surface area (Å²) >= 11 is 3.58. The molecule has 2 aromatic heterocycles. The molecule has 0 N–H and O–H groups in total. The second-order valence-corrected chi connectivity index (χ2v) is 10.1. The fourth-order valence-corrected chi connectivity index (χ4v) is 5.36. The van der Waals surface area contributed by atoms with E-state index < -0.39 is 0 Å². The molecule has 6 rings (SSSR count). The zero-order valence-electron chi connectivity index (χ0n) is 19.4. The van der Waals surface area contributed by atoms with E-state index in [4.69, 9.17) is 9.47 Å². The van der Waals surface area contributed by atoms with Crippen molar-refractivity contribution < 1.29 is 9.47 Å². The molecule has 2 aromatic carbocycles. The summed E-state index contributed by atoms with van der Waals surface area (Å²) < 4.78 is 15.4. The minimum Gasteiger partial charge on any atom is -0.492 e. The zero-order valence-corrected chi connectivity index (χ0v) is 21.0. The standard InChI is InChI=1S/C28H26BrN3O3/c29-21-6-7-25-24(14-21)32-18-20(13-19-5-4-8-30-17-19)28(33)23-15-22(16-26(35-25)27(23)32)34-12-11-31-9-2-1-3-10-31/h4-8,14-18H,1-3,9-13H2. The predicted molar refractivity (Wildman–Crippen MR) is 140 cm³/mol. The molecule has 0 unspecified atom stereocenters. The van der Waals surface area contributed by atoms with Crippen molar-refractivity contribution in [3.05, 3.63) is 86.9 Å². The van der Waals surface area contributed by atoms with Gasteiger partial charge >= 0.3 is 0 Å². The highest BCUT2D eigenvalue weighted by molar-refractivity contribution is 9.10. The van der Waals surface area contributed by atoms with Gasteiger partial charge in [0.2, 0.25) is 0 Å². The third-order valence-electron chi connectivity index (χ3n) is 6.75. The number of pyridine rings is 2. The highest BCUT2D eigenvalue weighted by Gasteiger charge is 2.24. The third kappa shape index (κ3) is 4.46. The Hall–Kier alpha value is -3.16. The van der Waals surface area contributed by atoms with Crippen molar-refractivity contribution in [1.29, 1.82) is 0 Å². The van der Waals surface area contributed by atoms with Gasteiger partial charge < -0.3 is 14.0 Å². The Balaban J connectivity index is 1.42. The number of hydrogen-bond acceptors (Lipinski definition) is 5. The van der Waals surface area contributed by atoms with Crippen molar-refractivity contribution in [3.8, 4) is 22.9 Å². The van der Waals surface area contributed by atoms with Gasteiger partial charge in [0.25, 0.3) is 0 Å². The van der Waals surface area contributed by atoms with Gasteiger partial charge in [-0.3, -0.25) is 14.7 Å². The van der Waals surface area contributed by atoms with Gasteiger partial charge in [-0.1, -0.05) is 28.4 Å². The Morgan fingerprint density at radius 1 is 1.06 bits per heavy atom. The Bertz CT molecular complexity index is 1450. The first-order valence-electron chi connectivity index (χ1n) is 12.1. The van der Waals surface area contributed by atoms with Crippen LogP contribution < -0.4 is 14.9 Å². The number of halogens is 1. The Labute approximate surface area is 212 Å². The van der Waals surface area contributed by atoms with E-state index in [-0.39, 0.29) is 5.43 Å². The number of hydrogen-bond donors (Lipinski definition) is 0. The smallest absolute Gasteiger partial charge is 0.193 e. The molecule has 2 aliphatic heterocycles. The molecule has 0 aliphatic carbocycles. The normalized spacial score (nSPS) is 15.0. The van der Waals surface area contributed by atoms with Gasteiger partial charge in [0.15, 0.2) is 16.9 Å². The summed E-state index contributed by atoms with van der Waals surface area (Å²) in [7, 11) is 0. The molecule has 0 atom stereocenters. The van der Waals surface area contributed by atoms with Crippen LogP contribution in [0.3, 0.4) is 0 Å². The first kappa shape index (κ1) is 22.3. The van der Waals surface area contributed by atoms with E-state index in [1.54, 1.807) is 12.4 Å². The van der Waals surface area contributed by atoms with Crippen LogP contribution in [0.5, 0.6) is 17.2 Å². The molecule has 1 fully saturated rings. The minimum atomic E-state index is -0.00937. The minimum absolute atomic E-state index is 0.00937. The molecule has 0 radical (unpaired) electrons. The Kier molecular flexibility index (Phi) is 6.04. The van der Waals surface area contributed by atoms with Gasteiger partial charge in [0.1, 0.15) is 17.9 Å². The second kappa shape index (κ2) is 9.47.